The van der Waals surface area contributed by atoms with Crippen LogP contribution in [-0.2, 0) is 19.2 Å². The van der Waals surface area contributed by atoms with Gasteiger partial charge in [0, 0.05) is 31.0 Å². The summed E-state index contributed by atoms with van der Waals surface area (Å²) >= 11 is 0. The van der Waals surface area contributed by atoms with E-state index in [9.17, 15) is 9.59 Å². The Hall–Kier alpha value is -1.14. The van der Waals surface area contributed by atoms with Crippen molar-refractivity contribution in [3.05, 3.63) is 0 Å². The molecule has 2 aliphatic rings. The molecule has 0 aromatic rings. The van der Waals surface area contributed by atoms with Crippen molar-refractivity contribution in [3.8, 4) is 0 Å². The van der Waals surface area contributed by atoms with Crippen molar-refractivity contribution in [2.75, 3.05) is 6.61 Å². The Morgan fingerprint density at radius 1 is 1.24 bits per heavy atom. The van der Waals surface area contributed by atoms with Crippen molar-refractivity contribution in [2.45, 2.75) is 103 Å². The quantitative estimate of drug-likeness (QED) is 0.658. The second-order valence-corrected chi connectivity index (χ2v) is 8.49. The molecule has 2 saturated heterocycles. The van der Waals surface area contributed by atoms with Gasteiger partial charge in [0.1, 0.15) is 5.54 Å². The van der Waals surface area contributed by atoms with E-state index >= 15 is 0 Å². The van der Waals surface area contributed by atoms with Gasteiger partial charge < -0.3 is 9.64 Å². The fourth-order valence-corrected chi connectivity index (χ4v) is 4.44. The van der Waals surface area contributed by atoms with Crippen molar-refractivity contribution in [1.29, 1.82) is 0 Å². The van der Waals surface area contributed by atoms with Gasteiger partial charge in [0.2, 0.25) is 5.91 Å². The molecule has 2 unspecified atom stereocenters. The minimum Gasteiger partial charge on any atom is -0.465 e. The molecule has 0 N–H and O–H groups in total. The molecule has 2 heterocycles. The topological polar surface area (TPSA) is 59.1 Å². The first-order valence-corrected chi connectivity index (χ1v) is 9.51. The van der Waals surface area contributed by atoms with Crippen LogP contribution in [0.15, 0.2) is 0 Å². The maximum absolute atomic E-state index is 12.6. The number of hydroxylamine groups is 2. The summed E-state index contributed by atoms with van der Waals surface area (Å²) in [5.41, 5.74) is -1.05. The van der Waals surface area contributed by atoms with Crippen LogP contribution in [0.3, 0.4) is 0 Å². The second-order valence-electron chi connectivity index (χ2n) is 8.49. The lowest BCUT2D eigenvalue weighted by atomic mass is 9.74. The molecule has 0 saturated carbocycles. The van der Waals surface area contributed by atoms with E-state index in [-0.39, 0.29) is 35.6 Å². The van der Waals surface area contributed by atoms with E-state index in [0.717, 1.165) is 0 Å². The SMILES string of the molecule is CCOC(=O)C12CC(CCC(=O)N(C(C)C)C(C)C)N1OC(C)(C)C2. The maximum Gasteiger partial charge on any atom is 0.329 e. The first-order chi connectivity index (χ1) is 11.5. The molecular formula is C19H34N2O4. The number of hydrogen-bond donors (Lipinski definition) is 0. The first kappa shape index (κ1) is 20.2. The molecule has 0 spiro atoms. The molecule has 1 amide bonds. The van der Waals surface area contributed by atoms with Crippen molar-refractivity contribution in [2.24, 2.45) is 0 Å². The van der Waals surface area contributed by atoms with Gasteiger partial charge in [0.05, 0.1) is 12.2 Å². The highest BCUT2D eigenvalue weighted by molar-refractivity contribution is 5.83. The van der Waals surface area contributed by atoms with E-state index in [1.807, 2.05) is 58.4 Å². The molecule has 2 atom stereocenters. The van der Waals surface area contributed by atoms with E-state index in [0.29, 0.717) is 32.3 Å². The third-order valence-electron chi connectivity index (χ3n) is 5.14. The number of hydrogen-bond acceptors (Lipinski definition) is 5. The average Bonchev–Trinajstić information content (AvgIpc) is 2.68. The Balaban J connectivity index is 1.99. The summed E-state index contributed by atoms with van der Waals surface area (Å²) in [5.74, 6) is -0.0359. The third-order valence-corrected chi connectivity index (χ3v) is 5.14. The second kappa shape index (κ2) is 7.23. The Labute approximate surface area is 151 Å². The predicted molar refractivity (Wildman–Crippen MR) is 95.7 cm³/mol. The van der Waals surface area contributed by atoms with Gasteiger partial charge in [0.15, 0.2) is 0 Å². The number of fused-ring (bicyclic) bond motifs is 1. The number of carbonyl (C=O) groups is 2. The van der Waals surface area contributed by atoms with Gasteiger partial charge in [-0.15, -0.1) is 0 Å². The number of carbonyl (C=O) groups excluding carboxylic acids is 2. The molecule has 2 aliphatic heterocycles. The van der Waals surface area contributed by atoms with Crippen molar-refractivity contribution < 1.29 is 19.2 Å². The number of esters is 1. The number of ether oxygens (including phenoxy) is 1. The van der Waals surface area contributed by atoms with Crippen LogP contribution < -0.4 is 0 Å². The van der Waals surface area contributed by atoms with Crippen LogP contribution in [0.4, 0.5) is 0 Å². The summed E-state index contributed by atoms with van der Waals surface area (Å²) in [6, 6.07) is 0.472. The fraction of sp³-hybridized carbons (Fsp3) is 0.895. The maximum atomic E-state index is 12.6. The minimum atomic E-state index is -0.664. The molecule has 25 heavy (non-hydrogen) atoms. The van der Waals surface area contributed by atoms with E-state index in [1.54, 1.807) is 0 Å². The molecular weight excluding hydrogens is 320 g/mol. The Morgan fingerprint density at radius 2 is 1.84 bits per heavy atom. The number of rotatable bonds is 7. The first-order valence-electron chi connectivity index (χ1n) is 9.51. The van der Waals surface area contributed by atoms with Crippen LogP contribution in [-0.4, -0.2) is 57.7 Å². The predicted octanol–water partition coefficient (Wildman–Crippen LogP) is 2.90. The largest absolute Gasteiger partial charge is 0.465 e. The van der Waals surface area contributed by atoms with E-state index < -0.39 is 5.54 Å². The third kappa shape index (κ3) is 3.85. The van der Waals surface area contributed by atoms with Crippen LogP contribution in [0.1, 0.15) is 74.1 Å². The van der Waals surface area contributed by atoms with Crippen molar-refractivity contribution in [1.82, 2.24) is 9.96 Å². The lowest BCUT2D eigenvalue weighted by Gasteiger charge is -2.50. The number of amides is 1. The molecule has 0 bridgehead atoms. The molecule has 2 rings (SSSR count). The van der Waals surface area contributed by atoms with Crippen molar-refractivity contribution >= 4 is 11.9 Å². The minimum absolute atomic E-state index is 0.0938. The highest BCUT2D eigenvalue weighted by atomic mass is 16.7. The molecule has 0 radical (unpaired) electrons. The summed E-state index contributed by atoms with van der Waals surface area (Å²) in [5, 5.41) is 1.81. The molecule has 0 aromatic heterocycles. The lowest BCUT2D eigenvalue weighted by Crippen LogP contribution is -2.66. The highest BCUT2D eigenvalue weighted by Crippen LogP contribution is 2.52. The highest BCUT2D eigenvalue weighted by Gasteiger charge is 2.66. The van der Waals surface area contributed by atoms with Gasteiger partial charge in [-0.05, 0) is 61.3 Å². The van der Waals surface area contributed by atoms with Gasteiger partial charge in [-0.1, -0.05) is 0 Å². The smallest absolute Gasteiger partial charge is 0.329 e. The van der Waals surface area contributed by atoms with Crippen LogP contribution >= 0.6 is 0 Å². The molecule has 6 heteroatoms. The van der Waals surface area contributed by atoms with Gasteiger partial charge in [-0.2, -0.15) is 5.06 Å². The normalized spacial score (nSPS) is 28.0. The Kier molecular flexibility index (Phi) is 5.84. The standard InChI is InChI=1S/C19H34N2O4/c1-8-24-17(23)19-11-15(21(19)25-18(6,7)12-19)9-10-16(22)20(13(2)3)14(4)5/h13-15H,8-12H2,1-7H3. The van der Waals surface area contributed by atoms with Crippen LogP contribution in [0, 0.1) is 0 Å². The van der Waals surface area contributed by atoms with Crippen LogP contribution in [0.25, 0.3) is 0 Å². The Bertz CT molecular complexity index is 510. The van der Waals surface area contributed by atoms with E-state index in [4.69, 9.17) is 9.57 Å². The summed E-state index contributed by atoms with van der Waals surface area (Å²) in [7, 11) is 0. The summed E-state index contributed by atoms with van der Waals surface area (Å²) in [6.07, 6.45) is 2.51. The molecule has 144 valence electrons. The lowest BCUT2D eigenvalue weighted by molar-refractivity contribution is -0.285. The van der Waals surface area contributed by atoms with E-state index in [2.05, 4.69) is 0 Å². The Morgan fingerprint density at radius 3 is 2.36 bits per heavy atom. The molecule has 2 fully saturated rings. The zero-order chi connectivity index (χ0) is 19.0. The van der Waals surface area contributed by atoms with E-state index in [1.165, 1.54) is 0 Å². The average molecular weight is 354 g/mol. The van der Waals surface area contributed by atoms with Gasteiger partial charge in [-0.25, -0.2) is 4.79 Å². The van der Waals surface area contributed by atoms with Gasteiger partial charge >= 0.3 is 5.97 Å². The zero-order valence-electron chi connectivity index (χ0n) is 16.8. The van der Waals surface area contributed by atoms with Gasteiger partial charge in [0.25, 0.3) is 0 Å². The van der Waals surface area contributed by atoms with Crippen molar-refractivity contribution in [3.63, 3.8) is 0 Å². The molecule has 0 aromatic carbocycles. The van der Waals surface area contributed by atoms with Gasteiger partial charge in [-0.3, -0.25) is 9.63 Å². The molecule has 0 aliphatic carbocycles. The number of nitrogens with zero attached hydrogens (tertiary/aromatic N) is 2. The zero-order valence-corrected chi connectivity index (χ0v) is 16.8. The summed E-state index contributed by atoms with van der Waals surface area (Å²) in [4.78, 5) is 33.0. The van der Waals surface area contributed by atoms with Crippen LogP contribution in [0.2, 0.25) is 0 Å². The summed E-state index contributed by atoms with van der Waals surface area (Å²) in [6.45, 7) is 14.3. The summed E-state index contributed by atoms with van der Waals surface area (Å²) < 4.78 is 5.28. The fourth-order valence-electron chi connectivity index (χ4n) is 4.44. The van der Waals surface area contributed by atoms with Crippen LogP contribution in [0.5, 0.6) is 0 Å². The monoisotopic (exact) mass is 354 g/mol. The molecule has 6 nitrogen and oxygen atoms in total.